The quantitative estimate of drug-likeness (QED) is 0.411. The molecule has 0 aromatic heterocycles. The van der Waals surface area contributed by atoms with E-state index in [9.17, 15) is 0 Å². The first kappa shape index (κ1) is 15.8. The van der Waals surface area contributed by atoms with Gasteiger partial charge in [-0.1, -0.05) is 47.0 Å². The number of hydrogen-bond donors (Lipinski definition) is 0. The van der Waals surface area contributed by atoms with E-state index in [1.165, 1.54) is 0 Å². The summed E-state index contributed by atoms with van der Waals surface area (Å²) in [4.78, 5) is 0.382. The van der Waals surface area contributed by atoms with Crippen LogP contribution >= 0.6 is 27.5 Å². The van der Waals surface area contributed by atoms with E-state index in [1.54, 1.807) is 6.08 Å². The van der Waals surface area contributed by atoms with Gasteiger partial charge in [0, 0.05) is 4.83 Å². The smallest absolute Gasteiger partial charge is 0.0780 e. The summed E-state index contributed by atoms with van der Waals surface area (Å²) in [5.41, 5.74) is 0. The Balaban J connectivity index is 2.56. The highest BCUT2D eigenvalue weighted by Crippen LogP contribution is 2.26. The van der Waals surface area contributed by atoms with Crippen molar-refractivity contribution < 1.29 is 4.74 Å². The zero-order valence-corrected chi connectivity index (χ0v) is 13.0. The minimum absolute atomic E-state index is 0.0311. The third-order valence-electron chi connectivity index (χ3n) is 3.03. The van der Waals surface area contributed by atoms with Crippen molar-refractivity contribution in [3.63, 3.8) is 0 Å². The molecular weight excluding hydrogens is 312 g/mol. The van der Waals surface area contributed by atoms with Crippen molar-refractivity contribution in [3.8, 4) is 12.3 Å². The molecule has 0 N–H and O–H groups in total. The van der Waals surface area contributed by atoms with E-state index >= 15 is 0 Å². The summed E-state index contributed by atoms with van der Waals surface area (Å²) < 4.78 is 6.13. The number of rotatable bonds is 5. The van der Waals surface area contributed by atoms with Crippen LogP contribution < -0.4 is 0 Å². The fourth-order valence-corrected chi connectivity index (χ4v) is 2.55. The molecule has 0 amide bonds. The fourth-order valence-electron chi connectivity index (χ4n) is 1.94. The molecule has 100 valence electrons. The SMILES string of the molecule is C#C/C=C\C[C@@H](Cl)[C@H]1CC=CC[C@H]([C@H](Br)CC)O1. The van der Waals surface area contributed by atoms with Crippen molar-refractivity contribution >= 4 is 27.5 Å². The maximum Gasteiger partial charge on any atom is 0.0780 e. The predicted octanol–water partition coefficient (Wildman–Crippen LogP) is 4.45. The average molecular weight is 332 g/mol. The molecule has 3 heteroatoms. The highest BCUT2D eigenvalue weighted by atomic mass is 79.9. The van der Waals surface area contributed by atoms with Crippen LogP contribution in [0.4, 0.5) is 0 Å². The summed E-state index contributed by atoms with van der Waals surface area (Å²) in [5, 5.41) is -0.0311. The molecular formula is C15H20BrClO. The van der Waals surface area contributed by atoms with Gasteiger partial charge in [0.15, 0.2) is 0 Å². The average Bonchev–Trinajstić information content (AvgIpc) is 2.63. The van der Waals surface area contributed by atoms with Crippen LogP contribution in [0.1, 0.15) is 32.6 Å². The molecule has 0 aromatic carbocycles. The molecule has 1 heterocycles. The van der Waals surface area contributed by atoms with Gasteiger partial charge >= 0.3 is 0 Å². The predicted molar refractivity (Wildman–Crippen MR) is 82.3 cm³/mol. The Labute approximate surface area is 124 Å². The Kier molecular flexibility index (Phi) is 7.74. The minimum atomic E-state index is -0.0311. The van der Waals surface area contributed by atoms with Crippen molar-refractivity contribution in [1.82, 2.24) is 0 Å². The van der Waals surface area contributed by atoms with Gasteiger partial charge < -0.3 is 4.74 Å². The second-order valence-electron chi connectivity index (χ2n) is 4.40. The second kappa shape index (κ2) is 8.80. The first-order valence-corrected chi connectivity index (χ1v) is 7.74. The van der Waals surface area contributed by atoms with E-state index < -0.39 is 0 Å². The largest absolute Gasteiger partial charge is 0.372 e. The van der Waals surface area contributed by atoms with Crippen LogP contribution in [-0.2, 0) is 4.74 Å². The van der Waals surface area contributed by atoms with E-state index in [2.05, 4.69) is 40.9 Å². The summed E-state index contributed by atoms with van der Waals surface area (Å²) in [5.74, 6) is 2.47. The van der Waals surface area contributed by atoms with Gasteiger partial charge in [-0.3, -0.25) is 0 Å². The third kappa shape index (κ3) is 5.18. The van der Waals surface area contributed by atoms with Gasteiger partial charge in [-0.2, -0.15) is 0 Å². The molecule has 1 rings (SSSR count). The number of hydrogen-bond acceptors (Lipinski definition) is 1. The number of allylic oxidation sites excluding steroid dienone is 2. The van der Waals surface area contributed by atoms with Gasteiger partial charge in [-0.05, 0) is 31.8 Å². The normalized spacial score (nSPS) is 27.7. The van der Waals surface area contributed by atoms with E-state index in [0.717, 1.165) is 25.7 Å². The molecule has 0 spiro atoms. The lowest BCUT2D eigenvalue weighted by atomic mass is 10.1. The third-order valence-corrected chi connectivity index (χ3v) is 4.72. The molecule has 0 aliphatic carbocycles. The standard InChI is InChI=1S/C15H20BrClO/c1-3-5-6-9-13(17)15-11-8-7-10-14(18-15)12(16)4-2/h1,5-8,12-15H,4,9-11H2,2H3/b6-5-/t12-,13-,14-,15-/m1/s1. The van der Waals surface area contributed by atoms with Crippen molar-refractivity contribution in [1.29, 1.82) is 0 Å². The zero-order valence-electron chi connectivity index (χ0n) is 10.7. The van der Waals surface area contributed by atoms with E-state index in [4.69, 9.17) is 22.8 Å². The molecule has 0 fully saturated rings. The van der Waals surface area contributed by atoms with E-state index in [0.29, 0.717) is 4.83 Å². The van der Waals surface area contributed by atoms with Gasteiger partial charge in [0.2, 0.25) is 0 Å². The Morgan fingerprint density at radius 2 is 2.17 bits per heavy atom. The molecule has 0 saturated carbocycles. The molecule has 4 atom stereocenters. The van der Waals surface area contributed by atoms with E-state index in [1.807, 2.05) is 6.08 Å². The highest BCUT2D eigenvalue weighted by molar-refractivity contribution is 9.09. The lowest BCUT2D eigenvalue weighted by molar-refractivity contribution is -0.00662. The summed E-state index contributed by atoms with van der Waals surface area (Å²) in [6.07, 6.45) is 17.0. The van der Waals surface area contributed by atoms with Gasteiger partial charge in [0.25, 0.3) is 0 Å². The highest BCUT2D eigenvalue weighted by Gasteiger charge is 2.27. The molecule has 18 heavy (non-hydrogen) atoms. The molecule has 0 unspecified atom stereocenters. The van der Waals surface area contributed by atoms with Crippen molar-refractivity contribution in [3.05, 3.63) is 24.3 Å². The topological polar surface area (TPSA) is 9.23 Å². The second-order valence-corrected chi connectivity index (χ2v) is 6.14. The summed E-state index contributed by atoms with van der Waals surface area (Å²) in [6, 6.07) is 0. The summed E-state index contributed by atoms with van der Waals surface area (Å²) in [6.45, 7) is 2.15. The molecule has 0 aromatic rings. The van der Waals surface area contributed by atoms with Gasteiger partial charge in [-0.25, -0.2) is 0 Å². The van der Waals surface area contributed by atoms with Crippen LogP contribution in [-0.4, -0.2) is 22.4 Å². The molecule has 0 bridgehead atoms. The van der Waals surface area contributed by atoms with Crippen molar-refractivity contribution in [2.75, 3.05) is 0 Å². The minimum Gasteiger partial charge on any atom is -0.372 e. The number of ether oxygens (including phenoxy) is 1. The Bertz CT molecular complexity index is 332. The monoisotopic (exact) mass is 330 g/mol. The van der Waals surface area contributed by atoms with Crippen LogP contribution in [0.25, 0.3) is 0 Å². The van der Waals surface area contributed by atoms with Crippen molar-refractivity contribution in [2.45, 2.75) is 55.0 Å². The van der Waals surface area contributed by atoms with Gasteiger partial charge in [0.05, 0.1) is 17.6 Å². The van der Waals surface area contributed by atoms with Crippen LogP contribution in [0.2, 0.25) is 0 Å². The molecule has 1 aliphatic heterocycles. The maximum atomic E-state index is 6.39. The Hall–Kier alpha value is -0.230. The van der Waals surface area contributed by atoms with Gasteiger partial charge in [0.1, 0.15) is 0 Å². The lowest BCUT2D eigenvalue weighted by Gasteiger charge is -2.27. The van der Waals surface area contributed by atoms with Gasteiger partial charge in [-0.15, -0.1) is 18.0 Å². The van der Waals surface area contributed by atoms with E-state index in [-0.39, 0.29) is 17.6 Å². The number of terminal acetylenes is 1. The number of alkyl halides is 2. The Morgan fingerprint density at radius 1 is 1.50 bits per heavy atom. The summed E-state index contributed by atoms with van der Waals surface area (Å²) in [7, 11) is 0. The zero-order chi connectivity index (χ0) is 13.4. The lowest BCUT2D eigenvalue weighted by Crippen LogP contribution is -2.32. The van der Waals surface area contributed by atoms with Crippen LogP contribution in [0.3, 0.4) is 0 Å². The fraction of sp³-hybridized carbons (Fsp3) is 0.600. The Morgan fingerprint density at radius 3 is 2.78 bits per heavy atom. The first-order valence-electron chi connectivity index (χ1n) is 6.38. The first-order chi connectivity index (χ1) is 8.69. The number of halogens is 2. The summed E-state index contributed by atoms with van der Waals surface area (Å²) >= 11 is 10.1. The molecule has 1 nitrogen and oxygen atoms in total. The van der Waals surface area contributed by atoms with Crippen LogP contribution in [0, 0.1) is 12.3 Å². The maximum absolute atomic E-state index is 6.39. The molecule has 0 radical (unpaired) electrons. The molecule has 1 aliphatic rings. The van der Waals surface area contributed by atoms with Crippen LogP contribution in [0.5, 0.6) is 0 Å². The van der Waals surface area contributed by atoms with Crippen molar-refractivity contribution in [2.24, 2.45) is 0 Å². The van der Waals surface area contributed by atoms with Crippen LogP contribution in [0.15, 0.2) is 24.3 Å². The molecule has 0 saturated heterocycles.